The van der Waals surface area contributed by atoms with Gasteiger partial charge in [-0.15, -0.1) is 0 Å². The maximum absolute atomic E-state index is 13.0. The van der Waals surface area contributed by atoms with Crippen molar-refractivity contribution in [3.8, 4) is 10.7 Å². The van der Waals surface area contributed by atoms with Crippen molar-refractivity contribution in [1.82, 2.24) is 24.8 Å². The number of piperidine rings is 1. The van der Waals surface area contributed by atoms with Crippen LogP contribution in [0.1, 0.15) is 25.6 Å². The van der Waals surface area contributed by atoms with Crippen LogP contribution in [0.2, 0.25) is 0 Å². The Bertz CT molecular complexity index is 969. The fourth-order valence-electron chi connectivity index (χ4n) is 3.88. The number of morpholine rings is 1. The Morgan fingerprint density at radius 1 is 1.22 bits per heavy atom. The SMILES string of the molecule is CC(O)C(=O)N1CCC(C(=O)Cc2nc(-c3cnc(N)s3)nc(N3CCOCC3)n2)CC1. The van der Waals surface area contributed by atoms with Gasteiger partial charge in [0.05, 0.1) is 30.7 Å². The van der Waals surface area contributed by atoms with Gasteiger partial charge in [-0.1, -0.05) is 11.3 Å². The van der Waals surface area contributed by atoms with Crippen molar-refractivity contribution in [1.29, 1.82) is 0 Å². The number of hydrogen-bond donors (Lipinski definition) is 2. The predicted molar refractivity (Wildman–Crippen MR) is 118 cm³/mol. The Labute approximate surface area is 189 Å². The summed E-state index contributed by atoms with van der Waals surface area (Å²) in [7, 11) is 0. The lowest BCUT2D eigenvalue weighted by atomic mass is 9.90. The molecule has 2 fully saturated rings. The number of nitrogens with two attached hydrogens (primary N) is 1. The summed E-state index contributed by atoms with van der Waals surface area (Å²) in [5.41, 5.74) is 5.78. The van der Waals surface area contributed by atoms with Gasteiger partial charge in [-0.05, 0) is 19.8 Å². The zero-order chi connectivity index (χ0) is 22.7. The Morgan fingerprint density at radius 2 is 1.94 bits per heavy atom. The van der Waals surface area contributed by atoms with E-state index in [1.54, 1.807) is 11.1 Å². The quantitative estimate of drug-likeness (QED) is 0.609. The number of rotatable bonds is 6. The molecule has 1 atom stereocenters. The number of aliphatic hydroxyl groups excluding tert-OH is 1. The van der Waals surface area contributed by atoms with Gasteiger partial charge in [0.15, 0.2) is 11.0 Å². The molecule has 0 radical (unpaired) electrons. The van der Waals surface area contributed by atoms with Crippen molar-refractivity contribution in [3.05, 3.63) is 12.0 Å². The standard InChI is InChI=1S/C20H27N7O4S/c1-12(28)18(30)26-4-2-13(3-5-26)14(29)10-16-23-17(15-11-22-19(21)32-15)25-20(24-16)27-6-8-31-9-7-27/h11-13,28H,2-10H2,1H3,(H2,21,22). The van der Waals surface area contributed by atoms with Gasteiger partial charge >= 0.3 is 0 Å². The van der Waals surface area contributed by atoms with E-state index in [4.69, 9.17) is 10.5 Å². The summed E-state index contributed by atoms with van der Waals surface area (Å²) < 4.78 is 5.42. The highest BCUT2D eigenvalue weighted by Gasteiger charge is 2.29. The topological polar surface area (TPSA) is 148 Å². The van der Waals surface area contributed by atoms with E-state index in [0.717, 1.165) is 4.88 Å². The highest BCUT2D eigenvalue weighted by Crippen LogP contribution is 2.27. The second-order valence-electron chi connectivity index (χ2n) is 7.96. The van der Waals surface area contributed by atoms with Crippen molar-refractivity contribution in [2.75, 3.05) is 50.0 Å². The van der Waals surface area contributed by atoms with Gasteiger partial charge in [0.25, 0.3) is 5.91 Å². The second kappa shape index (κ2) is 9.84. The number of nitrogen functional groups attached to an aromatic ring is 1. The van der Waals surface area contributed by atoms with Gasteiger partial charge in [-0.3, -0.25) is 9.59 Å². The summed E-state index contributed by atoms with van der Waals surface area (Å²) in [6.07, 6.45) is 1.83. The monoisotopic (exact) mass is 461 g/mol. The van der Waals surface area contributed by atoms with Gasteiger partial charge in [-0.25, -0.2) is 9.97 Å². The van der Waals surface area contributed by atoms with Gasteiger partial charge in [0.1, 0.15) is 17.7 Å². The zero-order valence-corrected chi connectivity index (χ0v) is 18.8. The number of hydrogen-bond acceptors (Lipinski definition) is 11. The largest absolute Gasteiger partial charge is 0.384 e. The van der Waals surface area contributed by atoms with Crippen molar-refractivity contribution in [2.45, 2.75) is 32.3 Å². The van der Waals surface area contributed by atoms with Crippen LogP contribution in [0, 0.1) is 5.92 Å². The minimum atomic E-state index is -1.02. The highest BCUT2D eigenvalue weighted by atomic mass is 32.1. The molecule has 4 rings (SSSR count). The maximum Gasteiger partial charge on any atom is 0.251 e. The second-order valence-corrected chi connectivity index (χ2v) is 9.02. The van der Waals surface area contributed by atoms with Crippen LogP contribution in [0.15, 0.2) is 6.20 Å². The molecule has 0 spiro atoms. The minimum Gasteiger partial charge on any atom is -0.384 e. The number of aromatic nitrogens is 4. The third-order valence-corrected chi connectivity index (χ3v) is 6.48. The normalized spacial score (nSPS) is 18.6. The molecule has 0 aliphatic carbocycles. The van der Waals surface area contributed by atoms with E-state index in [0.29, 0.717) is 75.0 Å². The smallest absolute Gasteiger partial charge is 0.251 e. The minimum absolute atomic E-state index is 0.0445. The molecule has 2 aromatic rings. The van der Waals surface area contributed by atoms with E-state index in [9.17, 15) is 14.7 Å². The third kappa shape index (κ3) is 5.19. The van der Waals surface area contributed by atoms with E-state index in [1.165, 1.54) is 18.3 Å². The number of ketones is 1. The lowest BCUT2D eigenvalue weighted by molar-refractivity contribution is -0.142. The van der Waals surface area contributed by atoms with Crippen LogP contribution in [0.3, 0.4) is 0 Å². The Hall–Kier alpha value is -2.70. The van der Waals surface area contributed by atoms with Crippen molar-refractivity contribution in [2.24, 2.45) is 5.92 Å². The van der Waals surface area contributed by atoms with Gasteiger partial charge < -0.3 is 25.4 Å². The number of nitrogens with zero attached hydrogens (tertiary/aromatic N) is 6. The number of carbonyl (C=O) groups is 2. The zero-order valence-electron chi connectivity index (χ0n) is 17.9. The molecule has 2 saturated heterocycles. The summed E-state index contributed by atoms with van der Waals surface area (Å²) in [6, 6.07) is 0. The molecule has 4 heterocycles. The van der Waals surface area contributed by atoms with Crippen LogP contribution in [0.5, 0.6) is 0 Å². The Morgan fingerprint density at radius 3 is 2.56 bits per heavy atom. The fraction of sp³-hybridized carbons (Fsp3) is 0.600. The molecule has 0 saturated carbocycles. The van der Waals surface area contributed by atoms with Crippen LogP contribution in [-0.2, 0) is 20.7 Å². The van der Waals surface area contributed by atoms with Crippen LogP contribution >= 0.6 is 11.3 Å². The first kappa shape index (κ1) is 22.5. The highest BCUT2D eigenvalue weighted by molar-refractivity contribution is 7.18. The molecule has 0 bridgehead atoms. The van der Waals surface area contributed by atoms with E-state index >= 15 is 0 Å². The van der Waals surface area contributed by atoms with Crippen molar-refractivity contribution >= 4 is 34.1 Å². The van der Waals surface area contributed by atoms with Gasteiger partial charge in [0.2, 0.25) is 5.95 Å². The molecule has 32 heavy (non-hydrogen) atoms. The number of anilines is 2. The number of aliphatic hydroxyl groups is 1. The fourth-order valence-corrected chi connectivity index (χ4v) is 4.50. The predicted octanol–water partition coefficient (Wildman–Crippen LogP) is 0.145. The molecule has 3 N–H and O–H groups in total. The van der Waals surface area contributed by atoms with E-state index in [-0.39, 0.29) is 24.0 Å². The van der Waals surface area contributed by atoms with Crippen LogP contribution in [0.25, 0.3) is 10.7 Å². The summed E-state index contributed by atoms with van der Waals surface area (Å²) in [6.45, 7) is 4.89. The Kier molecular flexibility index (Phi) is 6.92. The molecule has 2 aliphatic rings. The molecule has 11 nitrogen and oxygen atoms in total. The lowest BCUT2D eigenvalue weighted by Gasteiger charge is -2.32. The third-order valence-electron chi connectivity index (χ3n) is 5.66. The summed E-state index contributed by atoms with van der Waals surface area (Å²) >= 11 is 1.28. The molecule has 172 valence electrons. The molecule has 12 heteroatoms. The number of amides is 1. The first-order valence-corrected chi connectivity index (χ1v) is 11.5. The maximum atomic E-state index is 13.0. The lowest BCUT2D eigenvalue weighted by Crippen LogP contribution is -2.44. The molecular formula is C20H27N7O4S. The first-order valence-electron chi connectivity index (χ1n) is 10.7. The molecule has 2 aliphatic heterocycles. The van der Waals surface area contributed by atoms with Gasteiger partial charge in [-0.2, -0.15) is 9.97 Å². The van der Waals surface area contributed by atoms with Crippen molar-refractivity contribution < 1.29 is 19.4 Å². The van der Waals surface area contributed by atoms with Gasteiger partial charge in [0, 0.05) is 32.1 Å². The average Bonchev–Trinajstić information content (AvgIpc) is 3.25. The number of thiazole rings is 1. The van der Waals surface area contributed by atoms with E-state index in [1.807, 2.05) is 4.90 Å². The summed E-state index contributed by atoms with van der Waals surface area (Å²) in [5.74, 6) is 0.969. The molecule has 1 amide bonds. The molecular weight excluding hydrogens is 434 g/mol. The molecule has 1 unspecified atom stereocenters. The average molecular weight is 462 g/mol. The van der Waals surface area contributed by atoms with E-state index < -0.39 is 6.10 Å². The van der Waals surface area contributed by atoms with Crippen LogP contribution in [-0.4, -0.2) is 87.1 Å². The first-order chi connectivity index (χ1) is 15.4. The van der Waals surface area contributed by atoms with Crippen molar-refractivity contribution in [3.63, 3.8) is 0 Å². The number of Topliss-reactive ketones (excluding diaryl/α,β-unsaturated/α-hetero) is 1. The number of likely N-dealkylation sites (tertiary alicyclic amines) is 1. The van der Waals surface area contributed by atoms with E-state index in [2.05, 4.69) is 19.9 Å². The summed E-state index contributed by atoms with van der Waals surface area (Å²) in [4.78, 5) is 47.1. The summed E-state index contributed by atoms with van der Waals surface area (Å²) in [5, 5.41) is 9.91. The molecule has 0 aromatic carbocycles. The molecule has 2 aromatic heterocycles. The Balaban J connectivity index is 1.49. The number of ether oxygens (including phenoxy) is 1. The van der Waals surface area contributed by atoms with Crippen LogP contribution < -0.4 is 10.6 Å². The number of carbonyl (C=O) groups excluding carboxylic acids is 2. The van der Waals surface area contributed by atoms with Crippen LogP contribution in [0.4, 0.5) is 11.1 Å².